The molecule has 2 aliphatic heterocycles. The van der Waals surface area contributed by atoms with Crippen LogP contribution in [0.2, 0.25) is 0 Å². The van der Waals surface area contributed by atoms with E-state index in [9.17, 15) is 10.1 Å². The van der Waals surface area contributed by atoms with Crippen molar-refractivity contribution >= 4 is 23.7 Å². The first-order valence-corrected chi connectivity index (χ1v) is 12.9. The lowest BCUT2D eigenvalue weighted by Crippen LogP contribution is -2.27. The van der Waals surface area contributed by atoms with Crippen molar-refractivity contribution in [3.05, 3.63) is 76.2 Å². The fourth-order valence-electron chi connectivity index (χ4n) is 4.85. The number of hydrogen-bond acceptors (Lipinski definition) is 6. The Labute approximate surface area is 210 Å². The molecule has 4 heterocycles. The minimum atomic E-state index is -0.0821. The molecule has 8 heteroatoms. The Bertz CT molecular complexity index is 1290. The molecule has 3 aromatic rings. The van der Waals surface area contributed by atoms with E-state index >= 15 is 0 Å². The number of pyridine rings is 1. The third kappa shape index (κ3) is 4.93. The highest BCUT2D eigenvalue weighted by molar-refractivity contribution is 7.97. The Hall–Kier alpha value is -3.28. The lowest BCUT2D eigenvalue weighted by atomic mass is 9.99. The molecule has 0 aliphatic carbocycles. The van der Waals surface area contributed by atoms with E-state index in [0.29, 0.717) is 17.8 Å². The molecule has 0 radical (unpaired) electrons. The van der Waals surface area contributed by atoms with Crippen LogP contribution in [0.5, 0.6) is 0 Å². The SMILES string of the molecule is Cc1c(SN2CCc3ccc(C#N)cc3C2)cc(C(=O)NCc2cccnc2N2CCCC2)n1C. The second kappa shape index (κ2) is 10.1. The number of rotatable bonds is 6. The highest BCUT2D eigenvalue weighted by Crippen LogP contribution is 2.33. The fraction of sp³-hybridized carbons (Fsp3) is 0.370. The van der Waals surface area contributed by atoms with Gasteiger partial charge in [0, 0.05) is 62.1 Å². The third-order valence-corrected chi connectivity index (χ3v) is 8.15. The molecule has 2 aromatic heterocycles. The van der Waals surface area contributed by atoms with Gasteiger partial charge in [-0.25, -0.2) is 9.29 Å². The molecule has 0 spiro atoms. The summed E-state index contributed by atoms with van der Waals surface area (Å²) in [4.78, 5) is 21.1. The van der Waals surface area contributed by atoms with E-state index in [0.717, 1.165) is 54.6 Å². The quantitative estimate of drug-likeness (QED) is 0.527. The number of nitrogens with zero attached hydrogens (tertiary/aromatic N) is 5. The van der Waals surface area contributed by atoms with E-state index in [4.69, 9.17) is 0 Å². The zero-order valence-corrected chi connectivity index (χ0v) is 21.1. The Morgan fingerprint density at radius 3 is 2.80 bits per heavy atom. The van der Waals surface area contributed by atoms with Crippen molar-refractivity contribution in [2.75, 3.05) is 24.5 Å². The van der Waals surface area contributed by atoms with Gasteiger partial charge in [-0.1, -0.05) is 12.1 Å². The first kappa shape index (κ1) is 23.5. The van der Waals surface area contributed by atoms with Crippen LogP contribution in [-0.4, -0.2) is 39.4 Å². The molecular formula is C27H30N6OS. The summed E-state index contributed by atoms with van der Waals surface area (Å²) < 4.78 is 4.28. The maximum Gasteiger partial charge on any atom is 0.268 e. The van der Waals surface area contributed by atoms with E-state index in [1.54, 1.807) is 11.9 Å². The number of anilines is 1. The minimum Gasteiger partial charge on any atom is -0.356 e. The van der Waals surface area contributed by atoms with Crippen LogP contribution in [0, 0.1) is 18.3 Å². The summed E-state index contributed by atoms with van der Waals surface area (Å²) in [7, 11) is 1.94. The van der Waals surface area contributed by atoms with Gasteiger partial charge in [0.1, 0.15) is 11.5 Å². The molecule has 1 fully saturated rings. The number of nitrogens with one attached hydrogen (secondary N) is 1. The second-order valence-electron chi connectivity index (χ2n) is 9.20. The predicted octanol–water partition coefficient (Wildman–Crippen LogP) is 4.20. The van der Waals surface area contributed by atoms with E-state index in [1.165, 1.54) is 24.0 Å². The average Bonchev–Trinajstić information content (AvgIpc) is 3.52. The smallest absolute Gasteiger partial charge is 0.268 e. The van der Waals surface area contributed by atoms with E-state index in [1.807, 2.05) is 48.1 Å². The van der Waals surface area contributed by atoms with Gasteiger partial charge >= 0.3 is 0 Å². The standard InChI is InChI=1S/C27H30N6OS/c1-19-25(35-33-13-9-21-8-7-20(16-28)14-23(21)18-33)15-24(31(19)2)27(34)30-17-22-6-5-10-29-26(22)32-11-3-4-12-32/h5-8,10,14-15H,3-4,9,11-13,17-18H2,1-2H3,(H,30,34). The molecule has 2 aliphatic rings. The molecule has 1 amide bonds. The van der Waals surface area contributed by atoms with Gasteiger partial charge in [-0.2, -0.15) is 5.26 Å². The van der Waals surface area contributed by atoms with Crippen molar-refractivity contribution in [1.29, 1.82) is 5.26 Å². The Kier molecular flexibility index (Phi) is 6.80. The first-order valence-electron chi connectivity index (χ1n) is 12.1. The summed E-state index contributed by atoms with van der Waals surface area (Å²) >= 11 is 1.69. The molecule has 1 aromatic carbocycles. The minimum absolute atomic E-state index is 0.0821. The number of hydrogen-bond donors (Lipinski definition) is 1. The van der Waals surface area contributed by atoms with Crippen LogP contribution in [0.4, 0.5) is 5.82 Å². The molecule has 35 heavy (non-hydrogen) atoms. The summed E-state index contributed by atoms with van der Waals surface area (Å²) in [5.74, 6) is 0.899. The molecule has 1 saturated heterocycles. The molecule has 0 atom stereocenters. The predicted molar refractivity (Wildman–Crippen MR) is 138 cm³/mol. The van der Waals surface area contributed by atoms with Crippen molar-refractivity contribution in [3.8, 4) is 6.07 Å². The largest absolute Gasteiger partial charge is 0.356 e. The molecule has 5 rings (SSSR count). The maximum absolute atomic E-state index is 13.1. The summed E-state index contributed by atoms with van der Waals surface area (Å²) in [6.45, 7) is 6.26. The summed E-state index contributed by atoms with van der Waals surface area (Å²) in [6.07, 6.45) is 5.15. The highest BCUT2D eigenvalue weighted by Gasteiger charge is 2.22. The lowest BCUT2D eigenvalue weighted by molar-refractivity contribution is 0.0942. The second-order valence-corrected chi connectivity index (χ2v) is 10.3. The number of carbonyl (C=O) groups is 1. The normalized spacial score (nSPS) is 15.6. The number of nitriles is 1. The van der Waals surface area contributed by atoms with Crippen molar-refractivity contribution in [2.24, 2.45) is 7.05 Å². The van der Waals surface area contributed by atoms with Crippen LogP contribution in [0.25, 0.3) is 0 Å². The molecule has 7 nitrogen and oxygen atoms in total. The average molecular weight is 487 g/mol. The molecule has 180 valence electrons. The van der Waals surface area contributed by atoms with Crippen molar-refractivity contribution < 1.29 is 4.79 Å². The molecular weight excluding hydrogens is 456 g/mol. The highest BCUT2D eigenvalue weighted by atomic mass is 32.2. The van der Waals surface area contributed by atoms with Gasteiger partial charge in [0.05, 0.1) is 11.6 Å². The van der Waals surface area contributed by atoms with Crippen LogP contribution in [0.1, 0.15) is 51.3 Å². The van der Waals surface area contributed by atoms with Crippen molar-refractivity contribution in [1.82, 2.24) is 19.2 Å². The zero-order chi connectivity index (χ0) is 24.4. The summed E-state index contributed by atoms with van der Waals surface area (Å²) in [6, 6.07) is 14.2. The van der Waals surface area contributed by atoms with E-state index < -0.39 is 0 Å². The van der Waals surface area contributed by atoms with Gasteiger partial charge in [0.15, 0.2) is 0 Å². The Morgan fingerprint density at radius 1 is 1.17 bits per heavy atom. The Balaban J connectivity index is 1.26. The van der Waals surface area contributed by atoms with Gasteiger partial charge < -0.3 is 14.8 Å². The van der Waals surface area contributed by atoms with Gasteiger partial charge in [-0.3, -0.25) is 4.79 Å². The maximum atomic E-state index is 13.1. The number of amides is 1. The topological polar surface area (TPSA) is 77.2 Å². The van der Waals surface area contributed by atoms with Gasteiger partial charge in [-0.05, 0) is 73.5 Å². The summed E-state index contributed by atoms with van der Waals surface area (Å²) in [5, 5.41) is 12.3. The van der Waals surface area contributed by atoms with Crippen LogP contribution in [0.3, 0.4) is 0 Å². The number of fused-ring (bicyclic) bond motifs is 1. The number of aromatic nitrogens is 2. The lowest BCUT2D eigenvalue weighted by Gasteiger charge is -2.27. The number of carbonyl (C=O) groups excluding carboxylic acids is 1. The number of benzene rings is 1. The van der Waals surface area contributed by atoms with Crippen LogP contribution < -0.4 is 10.2 Å². The van der Waals surface area contributed by atoms with E-state index in [-0.39, 0.29) is 5.91 Å². The van der Waals surface area contributed by atoms with Crippen molar-refractivity contribution in [3.63, 3.8) is 0 Å². The summed E-state index contributed by atoms with van der Waals surface area (Å²) in [5.41, 5.74) is 5.99. The van der Waals surface area contributed by atoms with Gasteiger partial charge in [-0.15, -0.1) is 0 Å². The molecule has 1 N–H and O–H groups in total. The van der Waals surface area contributed by atoms with Crippen molar-refractivity contribution in [2.45, 2.75) is 44.2 Å². The third-order valence-electron chi connectivity index (χ3n) is 6.97. The molecule has 0 unspecified atom stereocenters. The molecule has 0 bridgehead atoms. The monoisotopic (exact) mass is 486 g/mol. The first-order chi connectivity index (χ1) is 17.0. The van der Waals surface area contributed by atoms with Crippen LogP contribution >= 0.6 is 11.9 Å². The Morgan fingerprint density at radius 2 is 2.00 bits per heavy atom. The van der Waals surface area contributed by atoms with Gasteiger partial charge in [0.25, 0.3) is 5.91 Å². The fourth-order valence-corrected chi connectivity index (χ4v) is 5.95. The van der Waals surface area contributed by atoms with E-state index in [2.05, 4.69) is 38.6 Å². The zero-order valence-electron chi connectivity index (χ0n) is 20.3. The molecule has 0 saturated carbocycles. The van der Waals surface area contributed by atoms with Crippen LogP contribution in [0.15, 0.2) is 47.5 Å². The van der Waals surface area contributed by atoms with Gasteiger partial charge in [0.2, 0.25) is 0 Å². The van der Waals surface area contributed by atoms with Crippen LogP contribution in [-0.2, 0) is 26.6 Å².